The SMILES string of the molecule is CC(N(Cc1ccc(F)cc1)C(=O)CN1C(=O)O[C@@]2(CCc3cc(-c4cccc(N(C)C)n4)ccc32)C1=O)C(F)(F)F. The minimum Gasteiger partial charge on any atom is -0.427 e. The molecule has 1 aromatic heterocycles. The number of anilines is 1. The van der Waals surface area contributed by atoms with Crippen molar-refractivity contribution in [3.8, 4) is 11.3 Å². The summed E-state index contributed by atoms with van der Waals surface area (Å²) in [4.78, 5) is 47.3. The number of pyridine rings is 1. The number of aryl methyl sites for hydroxylation is 1. The van der Waals surface area contributed by atoms with E-state index in [4.69, 9.17) is 4.74 Å². The van der Waals surface area contributed by atoms with Gasteiger partial charge in [-0.3, -0.25) is 9.59 Å². The lowest BCUT2D eigenvalue weighted by atomic mass is 9.93. The van der Waals surface area contributed by atoms with Gasteiger partial charge in [0.05, 0.1) is 5.69 Å². The first-order valence-corrected chi connectivity index (χ1v) is 13.2. The number of ether oxygens (including phenoxy) is 1. The number of carbonyl (C=O) groups is 3. The molecule has 2 atom stereocenters. The molecule has 3 aromatic rings. The number of aromatic nitrogens is 1. The normalized spacial score (nSPS) is 18.7. The zero-order valence-corrected chi connectivity index (χ0v) is 23.1. The average Bonchev–Trinajstić information content (AvgIpc) is 3.43. The smallest absolute Gasteiger partial charge is 0.418 e. The summed E-state index contributed by atoms with van der Waals surface area (Å²) in [6.07, 6.45) is -5.36. The van der Waals surface area contributed by atoms with Gasteiger partial charge in [-0.25, -0.2) is 19.1 Å². The lowest BCUT2D eigenvalue weighted by Crippen LogP contribution is -2.51. The van der Waals surface area contributed by atoms with Crippen LogP contribution in [-0.2, 0) is 32.9 Å². The number of fused-ring (bicyclic) bond motifs is 2. The minimum atomic E-state index is -4.78. The van der Waals surface area contributed by atoms with E-state index in [9.17, 15) is 31.9 Å². The molecule has 0 N–H and O–H groups in total. The predicted molar refractivity (Wildman–Crippen MR) is 145 cm³/mol. The molecular formula is C30H28F4N4O4. The van der Waals surface area contributed by atoms with Crippen LogP contribution >= 0.6 is 0 Å². The highest BCUT2D eigenvalue weighted by molar-refractivity contribution is 6.06. The summed E-state index contributed by atoms with van der Waals surface area (Å²) in [5.74, 6) is -1.73. The van der Waals surface area contributed by atoms with Gasteiger partial charge in [-0.15, -0.1) is 0 Å². The highest BCUT2D eigenvalue weighted by Crippen LogP contribution is 2.46. The predicted octanol–water partition coefficient (Wildman–Crippen LogP) is 5.05. The molecule has 0 saturated carbocycles. The molecule has 12 heteroatoms. The first kappa shape index (κ1) is 29.0. The Bertz CT molecular complexity index is 1540. The van der Waals surface area contributed by atoms with E-state index in [1.165, 1.54) is 12.1 Å². The topological polar surface area (TPSA) is 83.1 Å². The van der Waals surface area contributed by atoms with Gasteiger partial charge in [0.15, 0.2) is 0 Å². The fourth-order valence-corrected chi connectivity index (χ4v) is 5.28. The Kier molecular flexibility index (Phi) is 7.42. The number of benzene rings is 2. The molecule has 0 radical (unpaired) electrons. The van der Waals surface area contributed by atoms with E-state index in [2.05, 4.69) is 4.98 Å². The monoisotopic (exact) mass is 584 g/mol. The standard InChI is InChI=1S/C30H28F4N4O4/c1-18(30(32,33)34)37(16-19-7-10-22(31)11-8-19)26(39)17-38-27(40)29(42-28(38)41)14-13-20-15-21(9-12-23(20)29)24-5-4-6-25(35-24)36(2)3/h4-12,15,18H,13-14,16-17H2,1-3H3/t18?,29-/m1/s1. The molecular weight excluding hydrogens is 556 g/mol. The van der Waals surface area contributed by atoms with Gasteiger partial charge < -0.3 is 14.5 Å². The third-order valence-electron chi connectivity index (χ3n) is 7.67. The van der Waals surface area contributed by atoms with E-state index >= 15 is 0 Å². The van der Waals surface area contributed by atoms with Crippen molar-refractivity contribution in [2.45, 2.75) is 44.1 Å². The maximum absolute atomic E-state index is 13.7. The fourth-order valence-electron chi connectivity index (χ4n) is 5.28. The molecule has 2 aromatic carbocycles. The third kappa shape index (κ3) is 5.28. The first-order valence-electron chi connectivity index (χ1n) is 13.2. The Morgan fingerprint density at radius 2 is 1.81 bits per heavy atom. The molecule has 1 fully saturated rings. The Hall–Kier alpha value is -4.48. The van der Waals surface area contributed by atoms with Gasteiger partial charge in [0.1, 0.15) is 24.2 Å². The number of nitrogens with zero attached hydrogens (tertiary/aromatic N) is 4. The first-order chi connectivity index (χ1) is 19.8. The van der Waals surface area contributed by atoms with Gasteiger partial charge in [0.2, 0.25) is 11.5 Å². The number of carbonyl (C=O) groups excluding carboxylic acids is 3. The summed E-state index contributed by atoms with van der Waals surface area (Å²) in [5.41, 5.74) is 1.33. The number of rotatable bonds is 7. The Morgan fingerprint density at radius 1 is 1.10 bits per heavy atom. The zero-order chi connectivity index (χ0) is 30.4. The lowest BCUT2D eigenvalue weighted by molar-refractivity contribution is -0.187. The van der Waals surface area contributed by atoms with Crippen molar-refractivity contribution in [3.05, 3.63) is 83.2 Å². The highest BCUT2D eigenvalue weighted by atomic mass is 19.4. The average molecular weight is 585 g/mol. The number of hydrogen-bond donors (Lipinski definition) is 0. The molecule has 220 valence electrons. The van der Waals surface area contributed by atoms with E-state index in [1.807, 2.05) is 43.3 Å². The van der Waals surface area contributed by atoms with Crippen molar-refractivity contribution in [2.75, 3.05) is 25.5 Å². The van der Waals surface area contributed by atoms with Crippen LogP contribution in [0.3, 0.4) is 0 Å². The van der Waals surface area contributed by atoms with Crippen molar-refractivity contribution >= 4 is 23.7 Å². The van der Waals surface area contributed by atoms with Crippen molar-refractivity contribution in [1.29, 1.82) is 0 Å². The molecule has 5 rings (SSSR count). The van der Waals surface area contributed by atoms with Crippen LogP contribution in [0.15, 0.2) is 60.7 Å². The summed E-state index contributed by atoms with van der Waals surface area (Å²) >= 11 is 0. The quantitative estimate of drug-likeness (QED) is 0.362. The zero-order valence-electron chi connectivity index (χ0n) is 23.1. The molecule has 1 aliphatic carbocycles. The van der Waals surface area contributed by atoms with Crippen LogP contribution < -0.4 is 4.90 Å². The number of amides is 3. The van der Waals surface area contributed by atoms with Crippen LogP contribution in [0.25, 0.3) is 11.3 Å². The number of alkyl halides is 3. The fraction of sp³-hybridized carbons (Fsp3) is 0.333. The number of imide groups is 1. The van der Waals surface area contributed by atoms with Crippen LogP contribution in [0.4, 0.5) is 28.2 Å². The van der Waals surface area contributed by atoms with Crippen LogP contribution in [-0.4, -0.2) is 65.5 Å². The van der Waals surface area contributed by atoms with Crippen molar-refractivity contribution in [1.82, 2.24) is 14.8 Å². The molecule has 42 heavy (non-hydrogen) atoms. The number of halogens is 4. The summed E-state index contributed by atoms with van der Waals surface area (Å²) < 4.78 is 60.0. The van der Waals surface area contributed by atoms with E-state index in [0.29, 0.717) is 27.5 Å². The van der Waals surface area contributed by atoms with Crippen LogP contribution in [0.1, 0.15) is 30.0 Å². The molecule has 1 saturated heterocycles. The molecule has 0 bridgehead atoms. The molecule has 1 aliphatic heterocycles. The molecule has 1 unspecified atom stereocenters. The van der Waals surface area contributed by atoms with Crippen LogP contribution in [0, 0.1) is 5.82 Å². The van der Waals surface area contributed by atoms with Crippen LogP contribution in [0.5, 0.6) is 0 Å². The largest absolute Gasteiger partial charge is 0.427 e. The molecule has 1 spiro atoms. The maximum atomic E-state index is 13.7. The summed E-state index contributed by atoms with van der Waals surface area (Å²) in [6.45, 7) is -0.632. The van der Waals surface area contributed by atoms with Gasteiger partial charge >= 0.3 is 12.3 Å². The summed E-state index contributed by atoms with van der Waals surface area (Å²) in [7, 11) is 3.75. The van der Waals surface area contributed by atoms with E-state index in [1.54, 1.807) is 12.1 Å². The second-order valence-corrected chi connectivity index (χ2v) is 10.6. The summed E-state index contributed by atoms with van der Waals surface area (Å²) in [6, 6.07) is 13.3. The van der Waals surface area contributed by atoms with E-state index in [-0.39, 0.29) is 12.0 Å². The minimum absolute atomic E-state index is 0.129. The Balaban J connectivity index is 1.39. The molecule has 2 heterocycles. The second kappa shape index (κ2) is 10.7. The molecule has 3 amide bonds. The number of hydrogen-bond acceptors (Lipinski definition) is 6. The van der Waals surface area contributed by atoms with Gasteiger partial charge in [-0.2, -0.15) is 13.2 Å². The highest BCUT2D eigenvalue weighted by Gasteiger charge is 2.58. The van der Waals surface area contributed by atoms with E-state index < -0.39 is 54.6 Å². The van der Waals surface area contributed by atoms with Crippen molar-refractivity contribution in [2.24, 2.45) is 0 Å². The maximum Gasteiger partial charge on any atom is 0.418 e. The molecule has 2 aliphatic rings. The van der Waals surface area contributed by atoms with Gasteiger partial charge in [0, 0.05) is 38.2 Å². The van der Waals surface area contributed by atoms with Crippen LogP contribution in [0.2, 0.25) is 0 Å². The lowest BCUT2D eigenvalue weighted by Gasteiger charge is -2.31. The van der Waals surface area contributed by atoms with Gasteiger partial charge in [-0.05, 0) is 54.8 Å². The van der Waals surface area contributed by atoms with Gasteiger partial charge in [0.25, 0.3) is 5.91 Å². The third-order valence-corrected chi connectivity index (χ3v) is 7.67. The van der Waals surface area contributed by atoms with Crippen molar-refractivity contribution in [3.63, 3.8) is 0 Å². The Morgan fingerprint density at radius 3 is 2.48 bits per heavy atom. The van der Waals surface area contributed by atoms with Crippen molar-refractivity contribution < 1.29 is 36.7 Å². The molecule has 8 nitrogen and oxygen atoms in total. The van der Waals surface area contributed by atoms with E-state index in [0.717, 1.165) is 36.0 Å². The summed E-state index contributed by atoms with van der Waals surface area (Å²) in [5, 5.41) is 0. The van der Waals surface area contributed by atoms with Gasteiger partial charge in [-0.1, -0.05) is 30.3 Å². The second-order valence-electron chi connectivity index (χ2n) is 10.6. The Labute approximate surface area is 239 Å².